The lowest BCUT2D eigenvalue weighted by molar-refractivity contribution is 0.174. The number of halogens is 1. The predicted octanol–water partition coefficient (Wildman–Crippen LogP) is 12.7. The monoisotopic (exact) mass is 669 g/mol. The molecule has 0 aliphatic carbocycles. The molecule has 0 saturated carbocycles. The molecule has 1 unspecified atom stereocenters. The van der Waals surface area contributed by atoms with Crippen molar-refractivity contribution in [2.45, 2.75) is 96.8 Å². The molecule has 1 heterocycles. The van der Waals surface area contributed by atoms with Gasteiger partial charge in [0.2, 0.25) is 8.32 Å². The first kappa shape index (κ1) is 35.9. The summed E-state index contributed by atoms with van der Waals surface area (Å²) >= 11 is 6.22. The average molecular weight is 670 g/mol. The molecule has 4 aromatic rings. The topological polar surface area (TPSA) is 31.4 Å². The lowest BCUT2D eigenvalue weighted by Crippen LogP contribution is -2.42. The van der Waals surface area contributed by atoms with Gasteiger partial charge in [0.1, 0.15) is 5.76 Å². The molecule has 6 heteroatoms. The van der Waals surface area contributed by atoms with Crippen molar-refractivity contribution in [3.63, 3.8) is 0 Å². The summed E-state index contributed by atoms with van der Waals surface area (Å²) in [6.07, 6.45) is 5.87. The van der Waals surface area contributed by atoms with Gasteiger partial charge < -0.3 is 8.85 Å². The van der Waals surface area contributed by atoms with Gasteiger partial charge in [-0.2, -0.15) is 0 Å². The van der Waals surface area contributed by atoms with Crippen LogP contribution < -0.4 is 0 Å². The molecule has 0 saturated heterocycles. The van der Waals surface area contributed by atoms with Crippen LogP contribution in [-0.4, -0.2) is 21.6 Å². The standard InChI is InChI=1S/C40H52ClNO2Si2/c1-29(43-45(8,9)39(2,3)4)36-18-13-12-16-31(36)22-26-38(44-46(10,11)40(5,6)7)33-17-14-15-30(27-33)19-24-35-25-21-32-20-23-34(41)28-37(32)42-35/h12-21,23-25,27-28,38H,1,22,26H2,2-11H3/b24-19+. The van der Waals surface area contributed by atoms with E-state index in [-0.39, 0.29) is 16.2 Å². The first-order valence-electron chi connectivity index (χ1n) is 16.3. The lowest BCUT2D eigenvalue weighted by atomic mass is 9.96. The SMILES string of the molecule is C=C(O[Si](C)(C)C(C)(C)C)c1ccccc1CCC(O[Si](C)(C)C(C)(C)C)c1cccc(/C=C/c2ccc3ccc(Cl)cc3n2)c1. The number of aromatic nitrogens is 1. The van der Waals surface area contributed by atoms with Gasteiger partial charge in [0, 0.05) is 16.0 Å². The van der Waals surface area contributed by atoms with Crippen molar-refractivity contribution in [1.29, 1.82) is 0 Å². The number of nitrogens with zero attached hydrogens (tertiary/aromatic N) is 1. The van der Waals surface area contributed by atoms with Crippen LogP contribution in [0.3, 0.4) is 0 Å². The van der Waals surface area contributed by atoms with Gasteiger partial charge in [0.25, 0.3) is 0 Å². The molecule has 0 fully saturated rings. The van der Waals surface area contributed by atoms with E-state index in [9.17, 15) is 0 Å². The fourth-order valence-corrected chi connectivity index (χ4v) is 7.40. The van der Waals surface area contributed by atoms with Crippen LogP contribution in [0.15, 0.2) is 85.4 Å². The van der Waals surface area contributed by atoms with Crippen LogP contribution in [0.25, 0.3) is 28.8 Å². The van der Waals surface area contributed by atoms with Gasteiger partial charge in [0.05, 0.1) is 17.3 Å². The highest BCUT2D eigenvalue weighted by atomic mass is 35.5. The summed E-state index contributed by atoms with van der Waals surface area (Å²) in [5, 5.41) is 1.96. The van der Waals surface area contributed by atoms with Gasteiger partial charge in [-0.1, -0.05) is 120 Å². The summed E-state index contributed by atoms with van der Waals surface area (Å²) in [7, 11) is -4.09. The third-order valence-corrected chi connectivity index (χ3v) is 18.9. The van der Waals surface area contributed by atoms with Crippen LogP contribution in [0.1, 0.15) is 82.0 Å². The van der Waals surface area contributed by atoms with E-state index in [1.54, 1.807) is 0 Å². The fourth-order valence-electron chi connectivity index (χ4n) is 4.88. The molecule has 0 bridgehead atoms. The normalized spacial score (nSPS) is 13.7. The maximum absolute atomic E-state index is 7.16. The second-order valence-corrected chi connectivity index (χ2v) is 25.3. The highest BCUT2D eigenvalue weighted by Gasteiger charge is 2.40. The Morgan fingerprint density at radius 2 is 1.50 bits per heavy atom. The van der Waals surface area contributed by atoms with Crippen molar-refractivity contribution in [2.24, 2.45) is 0 Å². The quantitative estimate of drug-likeness (QED) is 0.118. The maximum atomic E-state index is 7.16. The molecule has 0 N–H and O–H groups in total. The van der Waals surface area contributed by atoms with Crippen molar-refractivity contribution < 1.29 is 8.85 Å². The minimum absolute atomic E-state index is 0.0437. The van der Waals surface area contributed by atoms with E-state index >= 15 is 0 Å². The lowest BCUT2D eigenvalue weighted by Gasteiger charge is -2.39. The molecule has 46 heavy (non-hydrogen) atoms. The largest absolute Gasteiger partial charge is 0.543 e. The number of benzene rings is 3. The molecule has 3 nitrogen and oxygen atoms in total. The Kier molecular flexibility index (Phi) is 10.9. The minimum atomic E-state index is -2.07. The Morgan fingerprint density at radius 3 is 2.20 bits per heavy atom. The summed E-state index contributed by atoms with van der Waals surface area (Å²) < 4.78 is 13.8. The number of hydrogen-bond donors (Lipinski definition) is 0. The Balaban J connectivity index is 1.61. The Labute approximate surface area is 285 Å². The third-order valence-electron chi connectivity index (χ3n) is 9.83. The smallest absolute Gasteiger partial charge is 0.250 e. The van der Waals surface area contributed by atoms with Crippen LogP contribution in [0, 0.1) is 0 Å². The summed E-state index contributed by atoms with van der Waals surface area (Å²) in [4.78, 5) is 4.80. The fraction of sp³-hybridized carbons (Fsp3) is 0.375. The molecule has 0 amide bonds. The molecule has 1 atom stereocenters. The molecule has 0 aliphatic rings. The van der Waals surface area contributed by atoms with Crippen LogP contribution in [0.5, 0.6) is 0 Å². The molecule has 0 spiro atoms. The number of pyridine rings is 1. The zero-order valence-corrected chi connectivity index (χ0v) is 32.3. The maximum Gasteiger partial charge on any atom is 0.250 e. The molecular weight excluding hydrogens is 618 g/mol. The van der Waals surface area contributed by atoms with Gasteiger partial charge in [-0.25, -0.2) is 4.98 Å². The van der Waals surface area contributed by atoms with E-state index in [0.717, 1.165) is 46.3 Å². The van der Waals surface area contributed by atoms with Gasteiger partial charge in [-0.05, 0) is 96.1 Å². The molecule has 3 aromatic carbocycles. The molecular formula is C40H52ClNO2Si2. The van der Waals surface area contributed by atoms with Crippen molar-refractivity contribution in [1.82, 2.24) is 4.98 Å². The number of hydrogen-bond acceptors (Lipinski definition) is 3. The number of rotatable bonds is 11. The zero-order valence-electron chi connectivity index (χ0n) is 29.5. The van der Waals surface area contributed by atoms with Crippen molar-refractivity contribution in [2.75, 3.05) is 0 Å². The van der Waals surface area contributed by atoms with Crippen molar-refractivity contribution >= 4 is 57.0 Å². The van der Waals surface area contributed by atoms with Crippen LogP contribution >= 0.6 is 11.6 Å². The molecule has 0 radical (unpaired) electrons. The summed E-state index contributed by atoms with van der Waals surface area (Å²) in [6.45, 7) is 27.3. The first-order valence-corrected chi connectivity index (χ1v) is 22.5. The van der Waals surface area contributed by atoms with Crippen molar-refractivity contribution in [3.8, 4) is 0 Å². The van der Waals surface area contributed by atoms with E-state index in [1.807, 2.05) is 24.3 Å². The first-order chi connectivity index (χ1) is 21.4. The highest BCUT2D eigenvalue weighted by molar-refractivity contribution is 6.75. The van der Waals surface area contributed by atoms with E-state index in [1.165, 1.54) is 11.1 Å². The molecule has 244 valence electrons. The van der Waals surface area contributed by atoms with Gasteiger partial charge in [-0.15, -0.1) is 0 Å². The zero-order chi connectivity index (χ0) is 33.9. The van der Waals surface area contributed by atoms with Crippen LogP contribution in [0.4, 0.5) is 0 Å². The second-order valence-electron chi connectivity index (χ2n) is 15.4. The Morgan fingerprint density at radius 1 is 0.826 bits per heavy atom. The van der Waals surface area contributed by atoms with Crippen LogP contribution in [-0.2, 0) is 15.3 Å². The highest BCUT2D eigenvalue weighted by Crippen LogP contribution is 2.42. The second kappa shape index (κ2) is 14.0. The van der Waals surface area contributed by atoms with Gasteiger partial charge in [0.15, 0.2) is 8.32 Å². The number of aryl methyl sites for hydroxylation is 1. The molecule has 1 aromatic heterocycles. The molecule has 4 rings (SSSR count). The van der Waals surface area contributed by atoms with Crippen molar-refractivity contribution in [3.05, 3.63) is 118 Å². The average Bonchev–Trinajstić information content (AvgIpc) is 2.96. The predicted molar refractivity (Wildman–Crippen MR) is 205 cm³/mol. The van der Waals surface area contributed by atoms with E-state index in [2.05, 4.69) is 141 Å². The van der Waals surface area contributed by atoms with Crippen LogP contribution in [0.2, 0.25) is 41.3 Å². The summed E-state index contributed by atoms with van der Waals surface area (Å²) in [5.74, 6) is 0.778. The van der Waals surface area contributed by atoms with Gasteiger partial charge >= 0.3 is 0 Å². The Bertz CT molecular complexity index is 1710. The van der Waals surface area contributed by atoms with E-state index in [0.29, 0.717) is 5.02 Å². The van der Waals surface area contributed by atoms with E-state index in [4.69, 9.17) is 25.4 Å². The summed E-state index contributed by atoms with van der Waals surface area (Å²) in [5.41, 5.74) is 6.44. The minimum Gasteiger partial charge on any atom is -0.543 e. The van der Waals surface area contributed by atoms with Gasteiger partial charge in [-0.3, -0.25) is 0 Å². The summed E-state index contributed by atoms with van der Waals surface area (Å²) in [6, 6.07) is 27.2. The Hall–Kier alpha value is -2.97. The van der Waals surface area contributed by atoms with E-state index < -0.39 is 16.6 Å². The third kappa shape index (κ3) is 8.88. The number of fused-ring (bicyclic) bond motifs is 1. The molecule has 0 aliphatic heterocycles.